The van der Waals surface area contributed by atoms with E-state index in [9.17, 15) is 34.2 Å². The Bertz CT molecular complexity index is 1030. The molecule has 39 heavy (non-hydrogen) atoms. The number of hydrogen-bond donors (Lipinski definition) is 10. The highest BCUT2D eigenvalue weighted by Gasteiger charge is 2.30. The lowest BCUT2D eigenvalue weighted by molar-refractivity contribution is -0.142. The first-order valence-corrected chi connectivity index (χ1v) is 12.5. The second-order valence-corrected chi connectivity index (χ2v) is 8.93. The molecule has 0 fully saturated rings. The van der Waals surface area contributed by atoms with Crippen molar-refractivity contribution < 1.29 is 39.3 Å². The zero-order valence-electron chi connectivity index (χ0n) is 21.1. The van der Waals surface area contributed by atoms with Gasteiger partial charge < -0.3 is 48.5 Å². The number of guanidine groups is 1. The highest BCUT2D eigenvalue weighted by atomic mass is 32.1. The zero-order chi connectivity index (χ0) is 29.5. The Morgan fingerprint density at radius 1 is 0.872 bits per heavy atom. The van der Waals surface area contributed by atoms with Gasteiger partial charge in [-0.2, -0.15) is 12.6 Å². The van der Waals surface area contributed by atoms with Crippen LogP contribution >= 0.6 is 12.6 Å². The molecule has 16 heteroatoms. The molecule has 0 aliphatic carbocycles. The Morgan fingerprint density at radius 2 is 1.44 bits per heavy atom. The molecule has 0 saturated carbocycles. The number of carbonyl (C=O) groups excluding carboxylic acids is 3. The Kier molecular flexibility index (Phi) is 14.1. The summed E-state index contributed by atoms with van der Waals surface area (Å²) < 4.78 is 0. The van der Waals surface area contributed by atoms with Gasteiger partial charge in [-0.1, -0.05) is 12.1 Å². The molecule has 12 N–H and O–H groups in total. The number of rotatable bonds is 17. The third-order valence-corrected chi connectivity index (χ3v) is 5.76. The smallest absolute Gasteiger partial charge is 0.326 e. The highest BCUT2D eigenvalue weighted by Crippen LogP contribution is 2.12. The van der Waals surface area contributed by atoms with Crippen LogP contribution in [0.1, 0.15) is 31.2 Å². The van der Waals surface area contributed by atoms with E-state index in [0.29, 0.717) is 5.56 Å². The number of aromatic hydroxyl groups is 1. The monoisotopic (exact) mass is 569 g/mol. The summed E-state index contributed by atoms with van der Waals surface area (Å²) in [5.74, 6) is -5.21. The van der Waals surface area contributed by atoms with E-state index < -0.39 is 53.8 Å². The van der Waals surface area contributed by atoms with Crippen molar-refractivity contribution in [2.24, 2.45) is 22.2 Å². The third kappa shape index (κ3) is 12.8. The Balaban J connectivity index is 2.92. The number of benzene rings is 1. The number of carboxylic acids is 2. The average Bonchev–Trinajstić information content (AvgIpc) is 2.87. The maximum atomic E-state index is 13.0. The summed E-state index contributed by atoms with van der Waals surface area (Å²) in [7, 11) is 0. The number of hydrogen-bond acceptors (Lipinski definition) is 9. The van der Waals surface area contributed by atoms with Gasteiger partial charge in [0, 0.05) is 25.1 Å². The van der Waals surface area contributed by atoms with Crippen LogP contribution in [0.4, 0.5) is 0 Å². The van der Waals surface area contributed by atoms with E-state index in [2.05, 4.69) is 33.6 Å². The van der Waals surface area contributed by atoms with Crippen LogP contribution in [0.15, 0.2) is 29.3 Å². The highest BCUT2D eigenvalue weighted by molar-refractivity contribution is 7.80. The molecular weight excluding hydrogens is 534 g/mol. The molecule has 1 rings (SSSR count). The van der Waals surface area contributed by atoms with E-state index in [1.54, 1.807) is 0 Å². The molecule has 0 aliphatic heterocycles. The molecule has 1 aromatic rings. The van der Waals surface area contributed by atoms with Gasteiger partial charge in [0.15, 0.2) is 5.96 Å². The van der Waals surface area contributed by atoms with Crippen molar-refractivity contribution in [3.8, 4) is 5.75 Å². The van der Waals surface area contributed by atoms with Crippen molar-refractivity contribution in [3.05, 3.63) is 29.8 Å². The van der Waals surface area contributed by atoms with Gasteiger partial charge in [-0.25, -0.2) is 4.79 Å². The van der Waals surface area contributed by atoms with Gasteiger partial charge in [-0.15, -0.1) is 0 Å². The van der Waals surface area contributed by atoms with Crippen LogP contribution in [-0.4, -0.2) is 87.4 Å². The SMILES string of the molecule is NC(N)=NCCCC(NC(=O)C(N)CCC(=O)O)C(=O)NC(CS)C(=O)NC(Cc1ccc(O)cc1)C(=O)O. The van der Waals surface area contributed by atoms with Crippen LogP contribution < -0.4 is 33.2 Å². The van der Waals surface area contributed by atoms with Crippen LogP contribution in [-0.2, 0) is 30.4 Å². The van der Waals surface area contributed by atoms with Crippen molar-refractivity contribution in [1.82, 2.24) is 16.0 Å². The van der Waals surface area contributed by atoms with E-state index in [1.165, 1.54) is 24.3 Å². The zero-order valence-corrected chi connectivity index (χ0v) is 22.0. The first-order chi connectivity index (χ1) is 18.3. The molecule has 0 radical (unpaired) electrons. The second kappa shape index (κ2) is 16.7. The molecule has 1 aromatic carbocycles. The molecule has 0 bridgehead atoms. The Hall–Kier alpha value is -4.05. The van der Waals surface area contributed by atoms with Crippen molar-refractivity contribution in [1.29, 1.82) is 0 Å². The van der Waals surface area contributed by atoms with E-state index >= 15 is 0 Å². The predicted octanol–water partition coefficient (Wildman–Crippen LogP) is -2.35. The summed E-state index contributed by atoms with van der Waals surface area (Å²) >= 11 is 4.08. The lowest BCUT2D eigenvalue weighted by Gasteiger charge is -2.24. The fourth-order valence-electron chi connectivity index (χ4n) is 3.27. The van der Waals surface area contributed by atoms with Gasteiger partial charge in [0.1, 0.15) is 23.9 Å². The molecule has 0 heterocycles. The number of carboxylic acid groups (broad SMARTS) is 2. The topological polar surface area (TPSA) is 273 Å². The van der Waals surface area contributed by atoms with E-state index in [4.69, 9.17) is 22.3 Å². The summed E-state index contributed by atoms with van der Waals surface area (Å²) in [6.45, 7) is 0.140. The molecule has 4 unspecified atom stereocenters. The van der Waals surface area contributed by atoms with Crippen molar-refractivity contribution >= 4 is 48.2 Å². The standard InChI is InChI=1S/C23H35N7O8S/c24-14(7-8-18(32)33)19(34)28-15(2-1-9-27-23(25)26)20(35)30-17(11-39)21(36)29-16(22(37)38)10-12-3-5-13(31)6-4-12/h3-6,14-17,31,39H,1-2,7-11,24H2,(H,28,34)(H,29,36)(H,30,35)(H,32,33)(H,37,38)(H4,25,26,27). The van der Waals surface area contributed by atoms with E-state index in [0.717, 1.165) is 0 Å². The fraction of sp³-hybridized carbons (Fsp3) is 0.478. The minimum Gasteiger partial charge on any atom is -0.508 e. The van der Waals surface area contributed by atoms with Gasteiger partial charge >= 0.3 is 11.9 Å². The van der Waals surface area contributed by atoms with Crippen LogP contribution in [0.5, 0.6) is 5.75 Å². The lowest BCUT2D eigenvalue weighted by Crippen LogP contribution is -2.57. The molecule has 0 aliphatic rings. The molecule has 3 amide bonds. The molecule has 15 nitrogen and oxygen atoms in total. The number of phenols is 1. The number of nitrogens with one attached hydrogen (secondary N) is 3. The first-order valence-electron chi connectivity index (χ1n) is 11.9. The number of thiol groups is 1. The van der Waals surface area contributed by atoms with Gasteiger partial charge in [0.25, 0.3) is 0 Å². The van der Waals surface area contributed by atoms with Crippen LogP contribution in [0.25, 0.3) is 0 Å². The first kappa shape index (κ1) is 33.0. The van der Waals surface area contributed by atoms with Crippen LogP contribution in [0, 0.1) is 0 Å². The molecule has 0 saturated heterocycles. The number of phenolic OH excluding ortho intramolecular Hbond substituents is 1. The number of amides is 3. The number of nitrogens with two attached hydrogens (primary N) is 3. The summed E-state index contributed by atoms with van der Waals surface area (Å²) in [5.41, 5.74) is 16.8. The van der Waals surface area contributed by atoms with Gasteiger partial charge in [-0.05, 0) is 37.0 Å². The summed E-state index contributed by atoms with van der Waals surface area (Å²) in [6, 6.07) is 0.769. The largest absolute Gasteiger partial charge is 0.508 e. The van der Waals surface area contributed by atoms with Crippen molar-refractivity contribution in [2.75, 3.05) is 12.3 Å². The third-order valence-electron chi connectivity index (χ3n) is 5.39. The summed E-state index contributed by atoms with van der Waals surface area (Å²) in [6.07, 6.45) is -0.312. The maximum absolute atomic E-state index is 13.0. The van der Waals surface area contributed by atoms with Gasteiger partial charge in [0.2, 0.25) is 17.7 Å². The minimum atomic E-state index is -1.34. The van der Waals surface area contributed by atoms with Crippen LogP contribution in [0.3, 0.4) is 0 Å². The lowest BCUT2D eigenvalue weighted by atomic mass is 10.1. The van der Waals surface area contributed by atoms with Gasteiger partial charge in [-0.3, -0.25) is 24.2 Å². The normalized spacial score (nSPS) is 13.7. The fourth-order valence-corrected chi connectivity index (χ4v) is 3.52. The number of carbonyl (C=O) groups is 5. The summed E-state index contributed by atoms with van der Waals surface area (Å²) in [4.78, 5) is 64.6. The average molecular weight is 570 g/mol. The Morgan fingerprint density at radius 3 is 1.97 bits per heavy atom. The quantitative estimate of drug-likeness (QED) is 0.0410. The van der Waals surface area contributed by atoms with Gasteiger partial charge in [0.05, 0.1) is 6.04 Å². The molecule has 4 atom stereocenters. The number of nitrogens with zero attached hydrogens (tertiary/aromatic N) is 1. The molecule has 0 aromatic heterocycles. The van der Waals surface area contributed by atoms with Crippen molar-refractivity contribution in [3.63, 3.8) is 0 Å². The maximum Gasteiger partial charge on any atom is 0.326 e. The predicted molar refractivity (Wildman–Crippen MR) is 144 cm³/mol. The van der Waals surface area contributed by atoms with E-state index in [1.807, 2.05) is 0 Å². The molecule has 216 valence electrons. The number of aliphatic carboxylic acids is 2. The molecular formula is C23H35N7O8S. The number of aliphatic imine (C=N–C) groups is 1. The minimum absolute atomic E-state index is 0.00435. The second-order valence-electron chi connectivity index (χ2n) is 8.56. The van der Waals surface area contributed by atoms with Crippen LogP contribution in [0.2, 0.25) is 0 Å². The molecule has 0 spiro atoms. The summed E-state index contributed by atoms with van der Waals surface area (Å²) in [5, 5.41) is 35.0. The van der Waals surface area contributed by atoms with E-state index in [-0.39, 0.29) is 56.1 Å². The van der Waals surface area contributed by atoms with Crippen molar-refractivity contribution in [2.45, 2.75) is 56.3 Å². The Labute approximate surface area is 230 Å².